The first-order valence-electron chi connectivity index (χ1n) is 9.66. The van der Waals surface area contributed by atoms with E-state index in [4.69, 9.17) is 4.74 Å². The SMILES string of the molecule is CC(C)n1nnnc1-c1ccccc1NC(=O)N(C[C@H]1CCOC1)C1CC1. The summed E-state index contributed by atoms with van der Waals surface area (Å²) >= 11 is 0. The Labute approximate surface area is 158 Å². The highest BCUT2D eigenvalue weighted by Gasteiger charge is 2.35. The second kappa shape index (κ2) is 7.64. The minimum Gasteiger partial charge on any atom is -0.381 e. The number of rotatable bonds is 6. The molecule has 2 heterocycles. The van der Waals surface area contributed by atoms with Crippen LogP contribution in [0, 0.1) is 5.92 Å². The lowest BCUT2D eigenvalue weighted by Crippen LogP contribution is -2.40. The number of anilines is 1. The number of amides is 2. The van der Waals surface area contributed by atoms with Crippen LogP contribution in [0.3, 0.4) is 0 Å². The number of nitrogens with one attached hydrogen (secondary N) is 1. The van der Waals surface area contributed by atoms with Crippen molar-refractivity contribution in [2.75, 3.05) is 25.1 Å². The number of carbonyl (C=O) groups excluding carboxylic acids is 1. The Morgan fingerprint density at radius 1 is 1.33 bits per heavy atom. The van der Waals surface area contributed by atoms with Gasteiger partial charge in [0.05, 0.1) is 18.3 Å². The Morgan fingerprint density at radius 2 is 2.15 bits per heavy atom. The van der Waals surface area contributed by atoms with Crippen molar-refractivity contribution in [3.8, 4) is 11.4 Å². The van der Waals surface area contributed by atoms with Gasteiger partial charge in [0.1, 0.15) is 0 Å². The largest absolute Gasteiger partial charge is 0.381 e. The van der Waals surface area contributed by atoms with Crippen LogP contribution in [0.15, 0.2) is 24.3 Å². The fourth-order valence-electron chi connectivity index (χ4n) is 3.48. The van der Waals surface area contributed by atoms with E-state index in [1.54, 1.807) is 4.68 Å². The van der Waals surface area contributed by atoms with E-state index >= 15 is 0 Å². The second-order valence-electron chi connectivity index (χ2n) is 7.63. The first-order valence-corrected chi connectivity index (χ1v) is 9.66. The van der Waals surface area contributed by atoms with Crippen LogP contribution in [-0.2, 0) is 4.74 Å². The van der Waals surface area contributed by atoms with Crippen molar-refractivity contribution in [1.82, 2.24) is 25.1 Å². The molecule has 8 nitrogen and oxygen atoms in total. The first kappa shape index (κ1) is 17.9. The summed E-state index contributed by atoms with van der Waals surface area (Å²) in [5, 5.41) is 15.1. The number of hydrogen-bond acceptors (Lipinski definition) is 5. The van der Waals surface area contributed by atoms with Crippen LogP contribution < -0.4 is 5.32 Å². The summed E-state index contributed by atoms with van der Waals surface area (Å²) < 4.78 is 7.24. The molecule has 1 aromatic heterocycles. The summed E-state index contributed by atoms with van der Waals surface area (Å²) in [7, 11) is 0. The van der Waals surface area contributed by atoms with Crippen LogP contribution in [-0.4, -0.2) is 56.9 Å². The van der Waals surface area contributed by atoms with Crippen LogP contribution in [0.25, 0.3) is 11.4 Å². The number of aromatic nitrogens is 4. The molecule has 0 radical (unpaired) electrons. The molecule has 1 aromatic carbocycles. The van der Waals surface area contributed by atoms with Crippen LogP contribution in [0.4, 0.5) is 10.5 Å². The van der Waals surface area contributed by atoms with Crippen molar-refractivity contribution >= 4 is 11.7 Å². The Kier molecular flexibility index (Phi) is 5.07. The van der Waals surface area contributed by atoms with E-state index in [-0.39, 0.29) is 12.1 Å². The molecule has 2 aromatic rings. The Morgan fingerprint density at radius 3 is 2.85 bits per heavy atom. The maximum atomic E-state index is 13.0. The van der Waals surface area contributed by atoms with Gasteiger partial charge in [0.25, 0.3) is 0 Å². The molecular formula is C19H26N6O2. The summed E-state index contributed by atoms with van der Waals surface area (Å²) in [5.41, 5.74) is 1.55. The molecule has 0 unspecified atom stereocenters. The molecule has 4 rings (SSSR count). The van der Waals surface area contributed by atoms with Crippen molar-refractivity contribution in [3.05, 3.63) is 24.3 Å². The van der Waals surface area contributed by atoms with Gasteiger partial charge >= 0.3 is 6.03 Å². The highest BCUT2D eigenvalue weighted by atomic mass is 16.5. The van der Waals surface area contributed by atoms with Gasteiger partial charge in [0.15, 0.2) is 5.82 Å². The molecule has 1 saturated heterocycles. The summed E-state index contributed by atoms with van der Waals surface area (Å²) in [6.07, 6.45) is 3.18. The topological polar surface area (TPSA) is 85.2 Å². The molecule has 2 fully saturated rings. The third-order valence-corrected chi connectivity index (χ3v) is 5.12. The lowest BCUT2D eigenvalue weighted by atomic mass is 10.1. The molecule has 2 aliphatic rings. The summed E-state index contributed by atoms with van der Waals surface area (Å²) in [4.78, 5) is 15.0. The molecule has 1 aliphatic carbocycles. The lowest BCUT2D eigenvalue weighted by molar-refractivity contribution is 0.167. The van der Waals surface area contributed by atoms with Crippen LogP contribution >= 0.6 is 0 Å². The van der Waals surface area contributed by atoms with Crippen molar-refractivity contribution in [2.45, 2.75) is 45.2 Å². The molecule has 1 atom stereocenters. The number of para-hydroxylation sites is 1. The Bertz CT molecular complexity index is 795. The molecular weight excluding hydrogens is 344 g/mol. The van der Waals surface area contributed by atoms with Gasteiger partial charge in [-0.25, -0.2) is 9.48 Å². The molecule has 2 amide bonds. The maximum Gasteiger partial charge on any atom is 0.322 e. The summed E-state index contributed by atoms with van der Waals surface area (Å²) in [6, 6.07) is 8.10. The Hall–Kier alpha value is -2.48. The number of ether oxygens (including phenoxy) is 1. The van der Waals surface area contributed by atoms with E-state index < -0.39 is 0 Å². The van der Waals surface area contributed by atoms with Crippen molar-refractivity contribution < 1.29 is 9.53 Å². The van der Waals surface area contributed by atoms with Gasteiger partial charge in [-0.3, -0.25) is 0 Å². The van der Waals surface area contributed by atoms with E-state index in [1.807, 2.05) is 43.0 Å². The predicted molar refractivity (Wildman–Crippen MR) is 101 cm³/mol. The van der Waals surface area contributed by atoms with E-state index in [0.29, 0.717) is 17.8 Å². The number of nitrogens with zero attached hydrogens (tertiary/aromatic N) is 5. The molecule has 1 N–H and O–H groups in total. The fourth-order valence-corrected chi connectivity index (χ4v) is 3.48. The first-order chi connectivity index (χ1) is 13.1. The number of benzene rings is 1. The second-order valence-corrected chi connectivity index (χ2v) is 7.63. The number of tetrazole rings is 1. The van der Waals surface area contributed by atoms with Gasteiger partial charge in [-0.2, -0.15) is 0 Å². The van der Waals surface area contributed by atoms with Crippen molar-refractivity contribution in [2.24, 2.45) is 5.92 Å². The third-order valence-electron chi connectivity index (χ3n) is 5.12. The zero-order chi connectivity index (χ0) is 18.8. The molecule has 0 spiro atoms. The minimum absolute atomic E-state index is 0.0552. The molecule has 27 heavy (non-hydrogen) atoms. The molecule has 8 heteroatoms. The van der Waals surface area contributed by atoms with E-state index in [1.165, 1.54) is 0 Å². The quantitative estimate of drug-likeness (QED) is 0.845. The standard InChI is InChI=1S/C19H26N6O2/c1-13(2)25-18(21-22-23-25)16-5-3-4-6-17(16)20-19(26)24(15-7-8-15)11-14-9-10-27-12-14/h3-6,13-15H,7-12H2,1-2H3,(H,20,26)/t14-/m1/s1. The van der Waals surface area contributed by atoms with E-state index in [2.05, 4.69) is 20.8 Å². The summed E-state index contributed by atoms with van der Waals surface area (Å²) in [5.74, 6) is 1.09. The van der Waals surface area contributed by atoms with E-state index in [9.17, 15) is 4.79 Å². The highest BCUT2D eigenvalue weighted by molar-refractivity contribution is 5.94. The molecule has 1 aliphatic heterocycles. The van der Waals surface area contributed by atoms with Crippen LogP contribution in [0.5, 0.6) is 0 Å². The molecule has 0 bridgehead atoms. The minimum atomic E-state index is -0.0552. The number of urea groups is 1. The molecule has 1 saturated carbocycles. The summed E-state index contributed by atoms with van der Waals surface area (Å²) in [6.45, 7) is 6.35. The van der Waals surface area contributed by atoms with E-state index in [0.717, 1.165) is 50.3 Å². The number of carbonyl (C=O) groups is 1. The predicted octanol–water partition coefficient (Wildman–Crippen LogP) is 2.95. The maximum absolute atomic E-state index is 13.0. The van der Waals surface area contributed by atoms with Gasteiger partial charge in [-0.1, -0.05) is 12.1 Å². The van der Waals surface area contributed by atoms with Gasteiger partial charge in [-0.15, -0.1) is 5.10 Å². The fraction of sp³-hybridized carbons (Fsp3) is 0.579. The average Bonchev–Trinajstić information content (AvgIpc) is 3.16. The van der Waals surface area contributed by atoms with Crippen LogP contribution in [0.2, 0.25) is 0 Å². The zero-order valence-corrected chi connectivity index (χ0v) is 15.8. The van der Waals surface area contributed by atoms with Gasteiger partial charge in [-0.05, 0) is 55.7 Å². The monoisotopic (exact) mass is 370 g/mol. The normalized spacial score (nSPS) is 19.4. The van der Waals surface area contributed by atoms with Crippen molar-refractivity contribution in [3.63, 3.8) is 0 Å². The Balaban J connectivity index is 1.55. The highest BCUT2D eigenvalue weighted by Crippen LogP contribution is 2.31. The van der Waals surface area contributed by atoms with Gasteiger partial charge in [0.2, 0.25) is 0 Å². The molecule has 144 valence electrons. The van der Waals surface area contributed by atoms with Gasteiger partial charge in [0, 0.05) is 30.7 Å². The average molecular weight is 370 g/mol. The number of hydrogen-bond donors (Lipinski definition) is 1. The third kappa shape index (κ3) is 3.95. The van der Waals surface area contributed by atoms with Crippen LogP contribution in [0.1, 0.15) is 39.2 Å². The zero-order valence-electron chi connectivity index (χ0n) is 15.8. The van der Waals surface area contributed by atoms with Gasteiger partial charge < -0.3 is 15.0 Å². The smallest absolute Gasteiger partial charge is 0.322 e. The van der Waals surface area contributed by atoms with Crippen molar-refractivity contribution in [1.29, 1.82) is 0 Å². The lowest BCUT2D eigenvalue weighted by Gasteiger charge is -2.26.